The van der Waals surface area contributed by atoms with Crippen molar-refractivity contribution < 1.29 is 23.4 Å². The Morgan fingerprint density at radius 3 is 2.57 bits per heavy atom. The Labute approximate surface area is 172 Å². The lowest BCUT2D eigenvalue weighted by Gasteiger charge is -2.41. The normalized spacial score (nSPS) is 18.9. The maximum Gasteiger partial charge on any atom is 0.416 e. The van der Waals surface area contributed by atoms with Crippen molar-refractivity contribution in [1.29, 1.82) is 0 Å². The average Bonchev–Trinajstić information content (AvgIpc) is 2.75. The summed E-state index contributed by atoms with van der Waals surface area (Å²) in [6, 6.07) is 17.5. The molecule has 5 nitrogen and oxygen atoms in total. The van der Waals surface area contributed by atoms with Crippen molar-refractivity contribution in [1.82, 2.24) is 4.98 Å². The number of halogens is 2. The summed E-state index contributed by atoms with van der Waals surface area (Å²) in [6.45, 7) is 0.190. The van der Waals surface area contributed by atoms with Crippen molar-refractivity contribution in [3.8, 4) is 11.3 Å². The lowest BCUT2D eigenvalue weighted by molar-refractivity contribution is -0.0259. The summed E-state index contributed by atoms with van der Waals surface area (Å²) in [5.74, 6) is -1.09. The minimum atomic E-state index is -0.912. The van der Waals surface area contributed by atoms with E-state index in [1.54, 1.807) is 18.2 Å². The first-order valence-corrected chi connectivity index (χ1v) is 9.62. The van der Waals surface area contributed by atoms with Gasteiger partial charge in [0.15, 0.2) is 0 Å². The molecule has 1 N–H and O–H groups in total. The molecule has 4 rings (SSSR count). The van der Waals surface area contributed by atoms with Crippen LogP contribution in [0.3, 0.4) is 0 Å². The van der Waals surface area contributed by atoms with Crippen LogP contribution in [-0.4, -0.2) is 29.3 Å². The van der Waals surface area contributed by atoms with Gasteiger partial charge in [-0.05, 0) is 29.8 Å². The van der Waals surface area contributed by atoms with Gasteiger partial charge in [0.1, 0.15) is 23.1 Å². The van der Waals surface area contributed by atoms with Crippen LogP contribution in [0.2, 0.25) is 0 Å². The standard InChI is InChI=1S/C23H20F2N2O3/c24-17-9-10-18(19(25)15-17)20-7-4-8-21(26-20)27-13-11-23(12-14-28,30-22(27)29)16-5-2-1-3-6-16/h1-10,15,28H,11-14H2. The molecule has 0 radical (unpaired) electrons. The van der Waals surface area contributed by atoms with Crippen LogP contribution in [0, 0.1) is 11.6 Å². The molecule has 1 aliphatic heterocycles. The van der Waals surface area contributed by atoms with Crippen molar-refractivity contribution in [3.63, 3.8) is 0 Å². The number of nitrogens with zero attached hydrogens (tertiary/aromatic N) is 2. The largest absolute Gasteiger partial charge is 0.437 e. The highest BCUT2D eigenvalue weighted by Crippen LogP contribution is 2.38. The van der Waals surface area contributed by atoms with Crippen molar-refractivity contribution >= 4 is 11.9 Å². The van der Waals surface area contributed by atoms with Crippen LogP contribution in [0.15, 0.2) is 66.7 Å². The number of hydrogen-bond donors (Lipinski definition) is 1. The van der Waals surface area contributed by atoms with Gasteiger partial charge in [-0.3, -0.25) is 4.90 Å². The number of anilines is 1. The molecule has 1 saturated heterocycles. The number of ether oxygens (including phenoxy) is 1. The molecule has 2 aromatic carbocycles. The number of aromatic nitrogens is 1. The van der Waals surface area contributed by atoms with E-state index in [1.807, 2.05) is 30.3 Å². The van der Waals surface area contributed by atoms with E-state index in [0.29, 0.717) is 18.8 Å². The Morgan fingerprint density at radius 2 is 1.87 bits per heavy atom. The van der Waals surface area contributed by atoms with Gasteiger partial charge in [0.25, 0.3) is 0 Å². The molecule has 154 valence electrons. The van der Waals surface area contributed by atoms with Crippen LogP contribution in [0.5, 0.6) is 0 Å². The first kappa shape index (κ1) is 20.0. The van der Waals surface area contributed by atoms with E-state index in [9.17, 15) is 18.7 Å². The van der Waals surface area contributed by atoms with E-state index in [0.717, 1.165) is 17.7 Å². The van der Waals surface area contributed by atoms with Crippen molar-refractivity contribution in [2.45, 2.75) is 18.4 Å². The molecule has 0 spiro atoms. The van der Waals surface area contributed by atoms with Gasteiger partial charge in [0.05, 0.1) is 5.69 Å². The fraction of sp³-hybridized carbons (Fsp3) is 0.217. The molecule has 7 heteroatoms. The molecule has 2 heterocycles. The Kier molecular flexibility index (Phi) is 5.46. The topological polar surface area (TPSA) is 62.7 Å². The van der Waals surface area contributed by atoms with Gasteiger partial charge in [-0.25, -0.2) is 18.6 Å². The molecule has 3 aromatic rings. The number of pyridine rings is 1. The highest BCUT2D eigenvalue weighted by atomic mass is 19.1. The molecule has 1 unspecified atom stereocenters. The van der Waals surface area contributed by atoms with Gasteiger partial charge in [-0.1, -0.05) is 36.4 Å². The van der Waals surface area contributed by atoms with Crippen LogP contribution in [0.4, 0.5) is 19.4 Å². The van der Waals surface area contributed by atoms with E-state index in [4.69, 9.17) is 4.74 Å². The fourth-order valence-electron chi connectivity index (χ4n) is 3.73. The minimum absolute atomic E-state index is 0.125. The molecule has 1 aromatic heterocycles. The number of aliphatic hydroxyl groups is 1. The van der Waals surface area contributed by atoms with Gasteiger partial charge in [0, 0.05) is 37.6 Å². The van der Waals surface area contributed by atoms with Gasteiger partial charge in [-0.2, -0.15) is 0 Å². The number of rotatable bonds is 5. The Hall–Kier alpha value is -3.32. The summed E-state index contributed by atoms with van der Waals surface area (Å²) in [6.07, 6.45) is 0.146. The number of aliphatic hydroxyl groups excluding tert-OH is 1. The first-order chi connectivity index (χ1) is 14.5. The number of hydrogen-bond acceptors (Lipinski definition) is 4. The molecule has 1 fully saturated rings. The maximum absolute atomic E-state index is 14.2. The van der Waals surface area contributed by atoms with Gasteiger partial charge in [0.2, 0.25) is 0 Å². The molecule has 1 aliphatic rings. The van der Waals surface area contributed by atoms with Crippen LogP contribution in [0.25, 0.3) is 11.3 Å². The second kappa shape index (κ2) is 8.20. The maximum atomic E-state index is 14.2. The molecule has 0 bridgehead atoms. The van der Waals surface area contributed by atoms with Gasteiger partial charge in [-0.15, -0.1) is 0 Å². The third-order valence-corrected chi connectivity index (χ3v) is 5.28. The third-order valence-electron chi connectivity index (χ3n) is 5.28. The predicted molar refractivity (Wildman–Crippen MR) is 108 cm³/mol. The van der Waals surface area contributed by atoms with E-state index in [1.165, 1.54) is 11.0 Å². The molecular formula is C23H20F2N2O3. The smallest absolute Gasteiger partial charge is 0.416 e. The summed E-state index contributed by atoms with van der Waals surface area (Å²) in [5.41, 5.74) is 0.335. The number of benzene rings is 2. The summed E-state index contributed by atoms with van der Waals surface area (Å²) < 4.78 is 33.2. The van der Waals surface area contributed by atoms with Crippen molar-refractivity contribution in [3.05, 3.63) is 83.9 Å². The van der Waals surface area contributed by atoms with Crippen LogP contribution in [0.1, 0.15) is 18.4 Å². The van der Waals surface area contributed by atoms with E-state index < -0.39 is 23.3 Å². The van der Waals surface area contributed by atoms with E-state index in [-0.39, 0.29) is 24.3 Å². The molecule has 0 saturated carbocycles. The highest BCUT2D eigenvalue weighted by Gasteiger charge is 2.42. The predicted octanol–water partition coefficient (Wildman–Crippen LogP) is 4.65. The second-order valence-electron chi connectivity index (χ2n) is 7.11. The molecule has 1 atom stereocenters. The zero-order valence-corrected chi connectivity index (χ0v) is 16.1. The fourth-order valence-corrected chi connectivity index (χ4v) is 3.73. The monoisotopic (exact) mass is 410 g/mol. The Morgan fingerprint density at radius 1 is 1.07 bits per heavy atom. The number of amides is 1. The molecule has 1 amide bonds. The van der Waals surface area contributed by atoms with E-state index >= 15 is 0 Å². The quantitative estimate of drug-likeness (QED) is 0.665. The van der Waals surface area contributed by atoms with Gasteiger partial charge >= 0.3 is 6.09 Å². The summed E-state index contributed by atoms with van der Waals surface area (Å²) in [5, 5.41) is 9.54. The lowest BCUT2D eigenvalue weighted by atomic mass is 9.86. The number of cyclic esters (lactones) is 1. The summed E-state index contributed by atoms with van der Waals surface area (Å²) >= 11 is 0. The number of carbonyl (C=O) groups excluding carboxylic acids is 1. The van der Waals surface area contributed by atoms with Crippen LogP contribution < -0.4 is 4.90 Å². The third kappa shape index (κ3) is 3.76. The average molecular weight is 410 g/mol. The van der Waals surface area contributed by atoms with Gasteiger partial charge < -0.3 is 9.84 Å². The molecular weight excluding hydrogens is 390 g/mol. The minimum Gasteiger partial charge on any atom is -0.437 e. The van der Waals surface area contributed by atoms with E-state index in [2.05, 4.69) is 4.98 Å². The Balaban J connectivity index is 1.62. The van der Waals surface area contributed by atoms with Crippen LogP contribution in [-0.2, 0) is 10.3 Å². The summed E-state index contributed by atoms with van der Waals surface area (Å²) in [7, 11) is 0. The van der Waals surface area contributed by atoms with Crippen molar-refractivity contribution in [2.24, 2.45) is 0 Å². The first-order valence-electron chi connectivity index (χ1n) is 9.62. The number of carbonyl (C=O) groups is 1. The molecule has 30 heavy (non-hydrogen) atoms. The molecule has 0 aliphatic carbocycles. The zero-order chi connectivity index (χ0) is 21.1. The zero-order valence-electron chi connectivity index (χ0n) is 16.1. The van der Waals surface area contributed by atoms with Crippen LogP contribution >= 0.6 is 0 Å². The SMILES string of the molecule is O=C1OC(CCO)(c2ccccc2)CCN1c1cccc(-c2ccc(F)cc2F)n1. The summed E-state index contributed by atoms with van der Waals surface area (Å²) in [4.78, 5) is 18.6. The Bertz CT molecular complexity index is 1060. The highest BCUT2D eigenvalue weighted by molar-refractivity contribution is 5.88. The second-order valence-corrected chi connectivity index (χ2v) is 7.11. The van der Waals surface area contributed by atoms with Crippen molar-refractivity contribution in [2.75, 3.05) is 18.1 Å². The lowest BCUT2D eigenvalue weighted by Crippen LogP contribution is -2.48.